The monoisotopic (exact) mass is 366 g/mol. The average Bonchev–Trinajstić information content (AvgIpc) is 2.64. The van der Waals surface area contributed by atoms with Crippen molar-refractivity contribution in [1.29, 1.82) is 0 Å². The van der Waals surface area contributed by atoms with Gasteiger partial charge >= 0.3 is 6.18 Å². The maximum atomic E-state index is 12.3. The van der Waals surface area contributed by atoms with Gasteiger partial charge in [0.1, 0.15) is 17.2 Å². The third-order valence-corrected chi connectivity index (χ3v) is 3.38. The minimum absolute atomic E-state index is 0.0997. The fourth-order valence-electron chi connectivity index (χ4n) is 2.10. The third kappa shape index (κ3) is 5.54. The van der Waals surface area contributed by atoms with Crippen molar-refractivity contribution < 1.29 is 32.2 Å². The molecule has 2 aromatic carbocycles. The van der Waals surface area contributed by atoms with Gasteiger partial charge < -0.3 is 14.2 Å². The number of carbonyl (C=O) groups is 1. The molecule has 4 nitrogen and oxygen atoms in total. The molecule has 0 aliphatic carbocycles. The van der Waals surface area contributed by atoms with Gasteiger partial charge in [-0.1, -0.05) is 18.2 Å². The molecule has 0 aliphatic heterocycles. The first-order valence-corrected chi connectivity index (χ1v) is 7.56. The van der Waals surface area contributed by atoms with Gasteiger partial charge in [0.05, 0.1) is 19.8 Å². The molecule has 0 saturated carbocycles. The fraction of sp³-hybridized carbons (Fsp3) is 0.211. The number of benzene rings is 2. The zero-order chi connectivity index (χ0) is 19.2. The van der Waals surface area contributed by atoms with Gasteiger partial charge in [-0.2, -0.15) is 13.2 Å². The van der Waals surface area contributed by atoms with Gasteiger partial charge in [-0.05, 0) is 35.9 Å². The second-order valence-corrected chi connectivity index (χ2v) is 5.24. The van der Waals surface area contributed by atoms with Crippen molar-refractivity contribution in [2.24, 2.45) is 0 Å². The first-order chi connectivity index (χ1) is 12.3. The summed E-state index contributed by atoms with van der Waals surface area (Å²) in [7, 11) is 2.97. The fourth-order valence-corrected chi connectivity index (χ4v) is 2.10. The number of carbonyl (C=O) groups excluding carboxylic acids is 1. The predicted octanol–water partition coefficient (Wildman–Crippen LogP) is 4.54. The van der Waals surface area contributed by atoms with Crippen LogP contribution in [-0.2, 0) is 0 Å². The summed E-state index contributed by atoms with van der Waals surface area (Å²) in [6.45, 7) is -1.35. The Morgan fingerprint density at radius 3 is 2.23 bits per heavy atom. The molecule has 2 rings (SSSR count). The summed E-state index contributed by atoms with van der Waals surface area (Å²) in [5.74, 6) is 0.774. The molecule has 0 radical (unpaired) electrons. The summed E-state index contributed by atoms with van der Waals surface area (Å²) < 4.78 is 51.2. The van der Waals surface area contributed by atoms with Crippen LogP contribution in [0.5, 0.6) is 17.2 Å². The summed E-state index contributed by atoms with van der Waals surface area (Å²) in [5.41, 5.74) is 1.01. The van der Waals surface area contributed by atoms with Gasteiger partial charge in [-0.3, -0.25) is 4.79 Å². The first kappa shape index (κ1) is 19.4. The van der Waals surface area contributed by atoms with Gasteiger partial charge in [-0.15, -0.1) is 0 Å². The van der Waals surface area contributed by atoms with Gasteiger partial charge in [0, 0.05) is 6.07 Å². The summed E-state index contributed by atoms with van der Waals surface area (Å²) in [5, 5.41) is 0. The molecule has 0 aromatic heterocycles. The van der Waals surface area contributed by atoms with Crippen LogP contribution in [0.25, 0.3) is 6.08 Å². The van der Waals surface area contributed by atoms with E-state index in [0.29, 0.717) is 22.6 Å². The van der Waals surface area contributed by atoms with E-state index in [1.54, 1.807) is 36.4 Å². The van der Waals surface area contributed by atoms with Crippen LogP contribution < -0.4 is 14.2 Å². The van der Waals surface area contributed by atoms with E-state index in [9.17, 15) is 18.0 Å². The SMILES string of the molecule is COc1ccc(C(=O)/C=C/c2ccc(OCC(F)(F)F)cc2)c(OC)c1. The summed E-state index contributed by atoms with van der Waals surface area (Å²) in [6.07, 6.45) is -1.47. The van der Waals surface area contributed by atoms with Crippen LogP contribution in [0.3, 0.4) is 0 Å². The van der Waals surface area contributed by atoms with E-state index in [4.69, 9.17) is 9.47 Å². The smallest absolute Gasteiger partial charge is 0.422 e. The molecule has 138 valence electrons. The normalized spacial score (nSPS) is 11.4. The van der Waals surface area contributed by atoms with E-state index in [0.717, 1.165) is 0 Å². The van der Waals surface area contributed by atoms with Gasteiger partial charge in [0.25, 0.3) is 0 Å². The van der Waals surface area contributed by atoms with Gasteiger partial charge in [0.15, 0.2) is 12.4 Å². The molecule has 2 aromatic rings. The van der Waals surface area contributed by atoms with E-state index >= 15 is 0 Å². The Bertz CT molecular complexity index is 780. The topological polar surface area (TPSA) is 44.8 Å². The van der Waals surface area contributed by atoms with Crippen molar-refractivity contribution in [2.45, 2.75) is 6.18 Å². The van der Waals surface area contributed by atoms with E-state index in [2.05, 4.69) is 4.74 Å². The standard InChI is InChI=1S/C19H17F3O4/c1-24-15-8-9-16(18(11-15)25-2)17(23)10-5-13-3-6-14(7-4-13)26-12-19(20,21)22/h3-11H,12H2,1-2H3/b10-5+. The zero-order valence-electron chi connectivity index (χ0n) is 14.2. The maximum Gasteiger partial charge on any atom is 0.422 e. The molecule has 0 aliphatic rings. The van der Waals surface area contributed by atoms with Crippen molar-refractivity contribution in [3.05, 3.63) is 59.7 Å². The number of rotatable bonds is 7. The lowest BCUT2D eigenvalue weighted by molar-refractivity contribution is -0.153. The molecule has 0 saturated heterocycles. The number of hydrogen-bond donors (Lipinski definition) is 0. The van der Waals surface area contributed by atoms with Crippen LogP contribution in [0.15, 0.2) is 48.5 Å². The third-order valence-electron chi connectivity index (χ3n) is 3.38. The van der Waals surface area contributed by atoms with Crippen LogP contribution >= 0.6 is 0 Å². The highest BCUT2D eigenvalue weighted by Crippen LogP contribution is 2.25. The average molecular weight is 366 g/mol. The largest absolute Gasteiger partial charge is 0.497 e. The van der Waals surface area contributed by atoms with Crippen molar-refractivity contribution in [1.82, 2.24) is 0 Å². The number of ether oxygens (including phenoxy) is 3. The number of alkyl halides is 3. The van der Waals surface area contributed by atoms with Crippen LogP contribution in [0.1, 0.15) is 15.9 Å². The minimum atomic E-state index is -4.39. The van der Waals surface area contributed by atoms with Crippen LogP contribution in [0.4, 0.5) is 13.2 Å². The second kappa shape index (κ2) is 8.42. The molecule has 0 spiro atoms. The highest BCUT2D eigenvalue weighted by atomic mass is 19.4. The number of hydrogen-bond acceptors (Lipinski definition) is 4. The predicted molar refractivity (Wildman–Crippen MR) is 90.9 cm³/mol. The lowest BCUT2D eigenvalue weighted by Gasteiger charge is -2.09. The molecule has 0 amide bonds. The zero-order valence-corrected chi connectivity index (χ0v) is 14.2. The highest BCUT2D eigenvalue weighted by Gasteiger charge is 2.28. The van der Waals surface area contributed by atoms with Crippen molar-refractivity contribution in [2.75, 3.05) is 20.8 Å². The van der Waals surface area contributed by atoms with Crippen LogP contribution in [-0.4, -0.2) is 32.8 Å². The van der Waals surface area contributed by atoms with Crippen molar-refractivity contribution >= 4 is 11.9 Å². The van der Waals surface area contributed by atoms with Crippen molar-refractivity contribution in [3.8, 4) is 17.2 Å². The van der Waals surface area contributed by atoms with Crippen molar-refractivity contribution in [3.63, 3.8) is 0 Å². The molecule has 7 heteroatoms. The summed E-state index contributed by atoms with van der Waals surface area (Å²) in [4.78, 5) is 12.3. The Morgan fingerprint density at radius 2 is 1.65 bits per heavy atom. The first-order valence-electron chi connectivity index (χ1n) is 7.56. The van der Waals surface area contributed by atoms with E-state index in [1.165, 1.54) is 32.4 Å². The quantitative estimate of drug-likeness (QED) is 0.533. The number of methoxy groups -OCH3 is 2. The number of ketones is 1. The van der Waals surface area contributed by atoms with Crippen LogP contribution in [0.2, 0.25) is 0 Å². The molecule has 0 N–H and O–H groups in total. The van der Waals surface area contributed by atoms with Crippen LogP contribution in [0, 0.1) is 0 Å². The van der Waals surface area contributed by atoms with E-state index in [1.807, 2.05) is 0 Å². The Hall–Kier alpha value is -2.96. The molecule has 0 bridgehead atoms. The summed E-state index contributed by atoms with van der Waals surface area (Å²) >= 11 is 0. The maximum absolute atomic E-state index is 12.3. The van der Waals surface area contributed by atoms with E-state index in [-0.39, 0.29) is 11.5 Å². The Kier molecular flexibility index (Phi) is 6.27. The minimum Gasteiger partial charge on any atom is -0.497 e. The molecule has 0 atom stereocenters. The lowest BCUT2D eigenvalue weighted by Crippen LogP contribution is -2.19. The lowest BCUT2D eigenvalue weighted by atomic mass is 10.1. The molecule has 0 unspecified atom stereocenters. The number of allylic oxidation sites excluding steroid dienone is 1. The highest BCUT2D eigenvalue weighted by molar-refractivity contribution is 6.08. The molecule has 0 heterocycles. The number of halogens is 3. The Balaban J connectivity index is 2.06. The molecule has 26 heavy (non-hydrogen) atoms. The van der Waals surface area contributed by atoms with E-state index < -0.39 is 12.8 Å². The Labute approximate surface area is 148 Å². The second-order valence-electron chi connectivity index (χ2n) is 5.24. The van der Waals surface area contributed by atoms with Gasteiger partial charge in [-0.25, -0.2) is 0 Å². The molecular formula is C19H17F3O4. The van der Waals surface area contributed by atoms with Gasteiger partial charge in [0.2, 0.25) is 0 Å². The molecule has 0 fully saturated rings. The summed E-state index contributed by atoms with van der Waals surface area (Å²) in [6, 6.07) is 10.8. The molecular weight excluding hydrogens is 349 g/mol. The Morgan fingerprint density at radius 1 is 1.00 bits per heavy atom.